The summed E-state index contributed by atoms with van der Waals surface area (Å²) in [6.07, 6.45) is 4.60. The molecule has 0 spiro atoms. The maximum Gasteiger partial charge on any atom is 0.0458 e. The number of nitrogens with zero attached hydrogens (tertiary/aromatic N) is 1. The lowest BCUT2D eigenvalue weighted by atomic mass is 10.1. The molecule has 0 aliphatic heterocycles. The van der Waals surface area contributed by atoms with Crippen molar-refractivity contribution in [2.45, 2.75) is 33.6 Å². The molecule has 20 heavy (non-hydrogen) atoms. The monoisotopic (exact) mass is 265 g/mol. The molecule has 0 amide bonds. The zero-order valence-corrected chi connectivity index (χ0v) is 12.6. The van der Waals surface area contributed by atoms with Gasteiger partial charge in [0.15, 0.2) is 0 Å². The van der Waals surface area contributed by atoms with Crippen LogP contribution in [0, 0.1) is 6.92 Å². The van der Waals surface area contributed by atoms with Crippen molar-refractivity contribution in [3.63, 3.8) is 0 Å². The summed E-state index contributed by atoms with van der Waals surface area (Å²) in [5, 5.41) is 0. The summed E-state index contributed by atoms with van der Waals surface area (Å²) in [6.45, 7) is 6.52. The fourth-order valence-corrected chi connectivity index (χ4v) is 2.27. The highest BCUT2D eigenvalue weighted by Crippen LogP contribution is 2.29. The van der Waals surface area contributed by atoms with Gasteiger partial charge in [0.25, 0.3) is 0 Å². The Hall–Kier alpha value is -2.02. The first kappa shape index (κ1) is 14.4. The first-order chi connectivity index (χ1) is 9.72. The SMILES string of the molecule is CCC/C=C(\C)N(c1ccccc1)c1ccc(C)cc1. The molecule has 0 radical (unpaired) electrons. The van der Waals surface area contributed by atoms with Crippen molar-refractivity contribution in [3.8, 4) is 0 Å². The highest BCUT2D eigenvalue weighted by molar-refractivity contribution is 5.68. The summed E-state index contributed by atoms with van der Waals surface area (Å²) < 4.78 is 0. The van der Waals surface area contributed by atoms with Crippen molar-refractivity contribution in [1.29, 1.82) is 0 Å². The highest BCUT2D eigenvalue weighted by atomic mass is 15.1. The predicted molar refractivity (Wildman–Crippen MR) is 88.4 cm³/mol. The Morgan fingerprint density at radius 3 is 2.15 bits per heavy atom. The van der Waals surface area contributed by atoms with Crippen LogP contribution in [0.5, 0.6) is 0 Å². The van der Waals surface area contributed by atoms with E-state index in [1.807, 2.05) is 0 Å². The van der Waals surface area contributed by atoms with Crippen molar-refractivity contribution in [2.24, 2.45) is 0 Å². The maximum absolute atomic E-state index is 2.31. The van der Waals surface area contributed by atoms with Gasteiger partial charge in [-0.3, -0.25) is 0 Å². The average molecular weight is 265 g/mol. The Kier molecular flexibility index (Phi) is 5.00. The van der Waals surface area contributed by atoms with E-state index in [0.29, 0.717) is 0 Å². The molecule has 2 rings (SSSR count). The van der Waals surface area contributed by atoms with E-state index in [4.69, 9.17) is 0 Å². The lowest BCUT2D eigenvalue weighted by Crippen LogP contribution is -2.14. The van der Waals surface area contributed by atoms with E-state index in [2.05, 4.69) is 86.3 Å². The van der Waals surface area contributed by atoms with Gasteiger partial charge in [0.2, 0.25) is 0 Å². The fraction of sp³-hybridized carbons (Fsp3) is 0.263. The molecular weight excluding hydrogens is 242 g/mol. The Labute approximate surface area is 122 Å². The van der Waals surface area contributed by atoms with Crippen LogP contribution in [0.2, 0.25) is 0 Å². The minimum absolute atomic E-state index is 1.11. The van der Waals surface area contributed by atoms with E-state index in [0.717, 1.165) is 6.42 Å². The normalized spacial score (nSPS) is 11.4. The number of hydrogen-bond donors (Lipinski definition) is 0. The first-order valence-electron chi connectivity index (χ1n) is 7.31. The molecule has 0 aliphatic carbocycles. The molecule has 0 saturated heterocycles. The molecule has 0 unspecified atom stereocenters. The quantitative estimate of drug-likeness (QED) is 0.656. The van der Waals surface area contributed by atoms with Gasteiger partial charge in [-0.05, 0) is 44.5 Å². The molecule has 0 aromatic heterocycles. The van der Waals surface area contributed by atoms with Gasteiger partial charge in [-0.25, -0.2) is 0 Å². The second kappa shape index (κ2) is 6.95. The molecule has 0 fully saturated rings. The van der Waals surface area contributed by atoms with Crippen LogP contribution in [-0.2, 0) is 0 Å². The minimum Gasteiger partial charge on any atom is -0.315 e. The van der Waals surface area contributed by atoms with Gasteiger partial charge >= 0.3 is 0 Å². The summed E-state index contributed by atoms with van der Waals surface area (Å²) in [7, 11) is 0. The standard InChI is InChI=1S/C19H23N/c1-4-5-9-17(3)20(18-10-7-6-8-11-18)19-14-12-16(2)13-15-19/h6-15H,4-5H2,1-3H3/b17-9+. The molecular formula is C19H23N. The highest BCUT2D eigenvalue weighted by Gasteiger charge is 2.10. The van der Waals surface area contributed by atoms with Gasteiger partial charge < -0.3 is 4.90 Å². The predicted octanol–water partition coefficient (Wildman–Crippen LogP) is 5.84. The number of hydrogen-bond acceptors (Lipinski definition) is 1. The fourth-order valence-electron chi connectivity index (χ4n) is 2.27. The van der Waals surface area contributed by atoms with Crippen LogP contribution in [-0.4, -0.2) is 0 Å². The average Bonchev–Trinajstić information content (AvgIpc) is 2.48. The Bertz CT molecular complexity index is 552. The lowest BCUT2D eigenvalue weighted by Gasteiger charge is -2.26. The molecule has 0 atom stereocenters. The van der Waals surface area contributed by atoms with Gasteiger partial charge in [0.1, 0.15) is 0 Å². The van der Waals surface area contributed by atoms with E-state index < -0.39 is 0 Å². The number of aryl methyl sites for hydroxylation is 1. The molecule has 1 nitrogen and oxygen atoms in total. The maximum atomic E-state index is 2.31. The van der Waals surface area contributed by atoms with Crippen molar-refractivity contribution in [3.05, 3.63) is 71.9 Å². The number of anilines is 2. The number of benzene rings is 2. The second-order valence-corrected chi connectivity index (χ2v) is 5.14. The van der Waals surface area contributed by atoms with Crippen molar-refractivity contribution in [2.75, 3.05) is 4.90 Å². The summed E-state index contributed by atoms with van der Waals surface area (Å²) in [6, 6.07) is 19.2. The van der Waals surface area contributed by atoms with E-state index in [9.17, 15) is 0 Å². The van der Waals surface area contributed by atoms with Gasteiger partial charge in [-0.2, -0.15) is 0 Å². The number of rotatable bonds is 5. The molecule has 0 heterocycles. The van der Waals surface area contributed by atoms with Gasteiger partial charge in [0, 0.05) is 17.1 Å². The van der Waals surface area contributed by atoms with E-state index in [1.54, 1.807) is 0 Å². The summed E-state index contributed by atoms with van der Waals surface area (Å²) in [5.74, 6) is 0. The third-order valence-corrected chi connectivity index (χ3v) is 3.39. The van der Waals surface area contributed by atoms with Crippen LogP contribution in [0.25, 0.3) is 0 Å². The smallest absolute Gasteiger partial charge is 0.0458 e. The molecule has 0 bridgehead atoms. The van der Waals surface area contributed by atoms with E-state index >= 15 is 0 Å². The molecule has 0 N–H and O–H groups in total. The summed E-state index contributed by atoms with van der Waals surface area (Å²) in [5.41, 5.74) is 4.99. The topological polar surface area (TPSA) is 3.24 Å². The first-order valence-corrected chi connectivity index (χ1v) is 7.31. The van der Waals surface area contributed by atoms with E-state index in [-0.39, 0.29) is 0 Å². The molecule has 104 valence electrons. The third-order valence-electron chi connectivity index (χ3n) is 3.39. The second-order valence-electron chi connectivity index (χ2n) is 5.14. The molecule has 2 aromatic rings. The van der Waals surface area contributed by atoms with Crippen LogP contribution in [0.1, 0.15) is 32.3 Å². The molecule has 1 heteroatoms. The van der Waals surface area contributed by atoms with Crippen LogP contribution in [0.3, 0.4) is 0 Å². The number of para-hydroxylation sites is 1. The van der Waals surface area contributed by atoms with E-state index in [1.165, 1.54) is 29.1 Å². The Morgan fingerprint density at radius 2 is 1.55 bits per heavy atom. The minimum atomic E-state index is 1.11. The van der Waals surface area contributed by atoms with Gasteiger partial charge in [-0.15, -0.1) is 0 Å². The third kappa shape index (κ3) is 3.51. The summed E-state index contributed by atoms with van der Waals surface area (Å²) >= 11 is 0. The molecule has 0 saturated carbocycles. The van der Waals surface area contributed by atoms with Gasteiger partial charge in [-0.1, -0.05) is 55.3 Å². The largest absolute Gasteiger partial charge is 0.315 e. The van der Waals surface area contributed by atoms with Crippen LogP contribution < -0.4 is 4.90 Å². The van der Waals surface area contributed by atoms with Crippen molar-refractivity contribution >= 4 is 11.4 Å². The van der Waals surface area contributed by atoms with Gasteiger partial charge in [0.05, 0.1) is 0 Å². The number of allylic oxidation sites excluding steroid dienone is 2. The van der Waals surface area contributed by atoms with Crippen molar-refractivity contribution < 1.29 is 0 Å². The zero-order valence-electron chi connectivity index (χ0n) is 12.6. The van der Waals surface area contributed by atoms with Crippen LogP contribution in [0.4, 0.5) is 11.4 Å². The van der Waals surface area contributed by atoms with Crippen molar-refractivity contribution in [1.82, 2.24) is 0 Å². The zero-order chi connectivity index (χ0) is 14.4. The van der Waals surface area contributed by atoms with Crippen LogP contribution >= 0.6 is 0 Å². The molecule has 2 aromatic carbocycles. The Morgan fingerprint density at radius 1 is 0.950 bits per heavy atom. The number of unbranched alkanes of at least 4 members (excludes halogenated alkanes) is 1. The Balaban J connectivity index is 2.41. The van der Waals surface area contributed by atoms with Crippen LogP contribution in [0.15, 0.2) is 66.4 Å². The lowest BCUT2D eigenvalue weighted by molar-refractivity contribution is 0.940. The molecule has 0 aliphatic rings. The summed E-state index contributed by atoms with van der Waals surface area (Å²) in [4.78, 5) is 2.31.